The minimum atomic E-state index is -0.367. The summed E-state index contributed by atoms with van der Waals surface area (Å²) in [5, 5.41) is 0.904. The Hall–Kier alpha value is -2.75. The Kier molecular flexibility index (Phi) is 4.06. The van der Waals surface area contributed by atoms with Gasteiger partial charge in [0.25, 0.3) is 0 Å². The maximum Gasteiger partial charge on any atom is 0.336 e. The zero-order chi connectivity index (χ0) is 16.4. The van der Waals surface area contributed by atoms with Crippen LogP contribution >= 0.6 is 0 Å². The molecule has 0 unspecified atom stereocenters. The largest absolute Gasteiger partial charge is 0.497 e. The highest BCUT2D eigenvalue weighted by atomic mass is 16.5. The van der Waals surface area contributed by atoms with E-state index in [1.807, 2.05) is 50.2 Å². The van der Waals surface area contributed by atoms with Gasteiger partial charge < -0.3 is 13.9 Å². The minimum Gasteiger partial charge on any atom is -0.497 e. The van der Waals surface area contributed by atoms with Gasteiger partial charge in [-0.2, -0.15) is 0 Å². The fourth-order valence-electron chi connectivity index (χ4n) is 2.44. The van der Waals surface area contributed by atoms with Crippen LogP contribution in [0.25, 0.3) is 11.0 Å². The molecular formula is C19H18O4. The van der Waals surface area contributed by atoms with Gasteiger partial charge in [-0.25, -0.2) is 4.79 Å². The molecule has 0 atom stereocenters. The Morgan fingerprint density at radius 3 is 2.30 bits per heavy atom. The molecule has 4 heteroatoms. The second kappa shape index (κ2) is 6.16. The van der Waals surface area contributed by atoms with Gasteiger partial charge in [-0.15, -0.1) is 0 Å². The van der Waals surface area contributed by atoms with E-state index in [9.17, 15) is 4.79 Å². The average Bonchev–Trinajstić information content (AvgIpc) is 2.55. The van der Waals surface area contributed by atoms with Crippen molar-refractivity contribution in [2.45, 2.75) is 20.5 Å². The molecule has 0 radical (unpaired) electrons. The molecule has 0 spiro atoms. The quantitative estimate of drug-likeness (QED) is 0.683. The van der Waals surface area contributed by atoms with E-state index in [2.05, 4.69) is 0 Å². The molecule has 3 aromatic rings. The third-order valence-corrected chi connectivity index (χ3v) is 3.90. The molecule has 0 N–H and O–H groups in total. The molecule has 0 fully saturated rings. The van der Waals surface area contributed by atoms with Crippen LogP contribution in [0.2, 0.25) is 0 Å². The van der Waals surface area contributed by atoms with Crippen molar-refractivity contribution >= 4 is 11.0 Å². The lowest BCUT2D eigenvalue weighted by atomic mass is 10.0. The first-order chi connectivity index (χ1) is 11.1. The molecule has 0 aliphatic rings. The topological polar surface area (TPSA) is 48.7 Å². The molecule has 2 aromatic carbocycles. The first-order valence-electron chi connectivity index (χ1n) is 7.37. The van der Waals surface area contributed by atoms with Crippen molar-refractivity contribution in [3.63, 3.8) is 0 Å². The molecule has 3 rings (SSSR count). The summed E-state index contributed by atoms with van der Waals surface area (Å²) in [5.41, 5.74) is 3.28. The highest BCUT2D eigenvalue weighted by molar-refractivity contribution is 5.81. The van der Waals surface area contributed by atoms with Crippen molar-refractivity contribution in [3.8, 4) is 11.5 Å². The molecule has 0 aliphatic carbocycles. The van der Waals surface area contributed by atoms with E-state index in [1.54, 1.807) is 7.11 Å². The van der Waals surface area contributed by atoms with E-state index in [4.69, 9.17) is 13.9 Å². The van der Waals surface area contributed by atoms with Gasteiger partial charge in [0.05, 0.1) is 7.11 Å². The van der Waals surface area contributed by atoms with Gasteiger partial charge in [-0.05, 0) is 61.4 Å². The Bertz CT molecular complexity index is 892. The predicted molar refractivity (Wildman–Crippen MR) is 89.3 cm³/mol. The minimum absolute atomic E-state index is 0.303. The Morgan fingerprint density at radius 2 is 1.61 bits per heavy atom. The number of rotatable bonds is 4. The summed E-state index contributed by atoms with van der Waals surface area (Å²) in [7, 11) is 1.62. The number of ether oxygens (including phenoxy) is 2. The summed E-state index contributed by atoms with van der Waals surface area (Å²) in [6, 6.07) is 12.7. The van der Waals surface area contributed by atoms with Gasteiger partial charge >= 0.3 is 5.63 Å². The van der Waals surface area contributed by atoms with Gasteiger partial charge in [-0.1, -0.05) is 0 Å². The second-order valence-electron chi connectivity index (χ2n) is 5.49. The summed E-state index contributed by atoms with van der Waals surface area (Å²) in [4.78, 5) is 11.8. The zero-order valence-electron chi connectivity index (χ0n) is 13.4. The van der Waals surface area contributed by atoms with E-state index < -0.39 is 0 Å². The molecule has 1 aromatic heterocycles. The Labute approximate surface area is 134 Å². The number of methoxy groups -OCH3 is 1. The maximum absolute atomic E-state index is 11.8. The summed E-state index contributed by atoms with van der Waals surface area (Å²) in [5.74, 6) is 1.49. The summed E-state index contributed by atoms with van der Waals surface area (Å²) < 4.78 is 16.2. The third-order valence-electron chi connectivity index (χ3n) is 3.90. The normalized spacial score (nSPS) is 10.7. The van der Waals surface area contributed by atoms with Crippen LogP contribution in [0.1, 0.15) is 16.7 Å². The lowest BCUT2D eigenvalue weighted by Crippen LogP contribution is -2.04. The van der Waals surface area contributed by atoms with Crippen molar-refractivity contribution in [1.29, 1.82) is 0 Å². The summed E-state index contributed by atoms with van der Waals surface area (Å²) in [6.45, 7) is 4.33. The average molecular weight is 310 g/mol. The number of hydrogen-bond acceptors (Lipinski definition) is 4. The highest BCUT2D eigenvalue weighted by Crippen LogP contribution is 2.23. The molecule has 1 heterocycles. The lowest BCUT2D eigenvalue weighted by molar-refractivity contribution is 0.306. The molecule has 0 aliphatic heterocycles. The molecule has 0 saturated heterocycles. The Morgan fingerprint density at radius 1 is 0.957 bits per heavy atom. The number of fused-ring (bicyclic) bond motifs is 1. The summed E-state index contributed by atoms with van der Waals surface area (Å²) >= 11 is 0. The monoisotopic (exact) mass is 310 g/mol. The Balaban J connectivity index is 1.92. The fraction of sp³-hybridized carbons (Fsp3) is 0.211. The van der Waals surface area contributed by atoms with Gasteiger partial charge in [0.2, 0.25) is 0 Å². The van der Waals surface area contributed by atoms with Crippen LogP contribution in [0.5, 0.6) is 11.5 Å². The van der Waals surface area contributed by atoms with E-state index in [0.717, 1.165) is 33.6 Å². The second-order valence-corrected chi connectivity index (χ2v) is 5.49. The van der Waals surface area contributed by atoms with Gasteiger partial charge in [0, 0.05) is 17.0 Å². The van der Waals surface area contributed by atoms with Crippen LogP contribution in [0.15, 0.2) is 51.7 Å². The van der Waals surface area contributed by atoms with Crippen LogP contribution < -0.4 is 15.1 Å². The van der Waals surface area contributed by atoms with Crippen LogP contribution in [-0.4, -0.2) is 7.11 Å². The third kappa shape index (κ3) is 3.21. The first kappa shape index (κ1) is 15.2. The molecule has 23 heavy (non-hydrogen) atoms. The van der Waals surface area contributed by atoms with Gasteiger partial charge in [0.15, 0.2) is 0 Å². The van der Waals surface area contributed by atoms with Crippen LogP contribution in [0, 0.1) is 13.8 Å². The van der Waals surface area contributed by atoms with E-state index in [0.29, 0.717) is 12.2 Å². The smallest absolute Gasteiger partial charge is 0.336 e. The lowest BCUT2D eigenvalue weighted by Gasteiger charge is -2.10. The predicted octanol–water partition coefficient (Wildman–Crippen LogP) is 4.00. The van der Waals surface area contributed by atoms with Gasteiger partial charge in [-0.3, -0.25) is 0 Å². The van der Waals surface area contributed by atoms with Crippen molar-refractivity contribution < 1.29 is 13.9 Å². The summed E-state index contributed by atoms with van der Waals surface area (Å²) in [6.07, 6.45) is 0. The number of aryl methyl sites for hydroxylation is 2. The fourth-order valence-corrected chi connectivity index (χ4v) is 2.44. The van der Waals surface area contributed by atoms with E-state index >= 15 is 0 Å². The van der Waals surface area contributed by atoms with Crippen LogP contribution in [0.4, 0.5) is 0 Å². The van der Waals surface area contributed by atoms with Crippen molar-refractivity contribution in [3.05, 3.63) is 69.6 Å². The highest BCUT2D eigenvalue weighted by Gasteiger charge is 2.08. The molecule has 0 saturated carbocycles. The molecule has 0 amide bonds. The zero-order valence-corrected chi connectivity index (χ0v) is 13.4. The number of benzene rings is 2. The molecule has 118 valence electrons. The van der Waals surface area contributed by atoms with Crippen molar-refractivity contribution in [1.82, 2.24) is 0 Å². The molecular weight excluding hydrogens is 292 g/mol. The SMILES string of the molecule is COc1ccc(OCc2cc(=O)oc3cc(C)c(C)cc23)cc1. The van der Waals surface area contributed by atoms with Gasteiger partial charge in [0.1, 0.15) is 23.7 Å². The number of hydrogen-bond donors (Lipinski definition) is 0. The van der Waals surface area contributed by atoms with Crippen LogP contribution in [-0.2, 0) is 6.61 Å². The molecule has 4 nitrogen and oxygen atoms in total. The standard InChI is InChI=1S/C19H18O4/c1-12-8-17-14(10-19(20)23-18(17)9-13(12)2)11-22-16-6-4-15(21-3)5-7-16/h4-10H,11H2,1-3H3. The maximum atomic E-state index is 11.8. The molecule has 0 bridgehead atoms. The van der Waals surface area contributed by atoms with Crippen molar-refractivity contribution in [2.75, 3.05) is 7.11 Å². The van der Waals surface area contributed by atoms with Crippen molar-refractivity contribution in [2.24, 2.45) is 0 Å². The van der Waals surface area contributed by atoms with E-state index in [1.165, 1.54) is 6.07 Å². The van der Waals surface area contributed by atoms with Crippen LogP contribution in [0.3, 0.4) is 0 Å². The van der Waals surface area contributed by atoms with E-state index in [-0.39, 0.29) is 5.63 Å². The first-order valence-corrected chi connectivity index (χ1v) is 7.37.